The van der Waals surface area contributed by atoms with Gasteiger partial charge in [0, 0.05) is 34.9 Å². The average Bonchev–Trinajstić information content (AvgIpc) is 3.18. The predicted octanol–water partition coefficient (Wildman–Crippen LogP) is 7.84. The largest absolute Gasteiger partial charge is 0.346 e. The second kappa shape index (κ2) is 7.92. The maximum absolute atomic E-state index is 12.9. The number of carbonyl (C=O) groups is 2. The summed E-state index contributed by atoms with van der Waals surface area (Å²) in [6.45, 7) is 0. The predicted molar refractivity (Wildman–Crippen MR) is 131 cm³/mol. The van der Waals surface area contributed by atoms with Crippen molar-refractivity contribution in [1.82, 2.24) is 0 Å². The van der Waals surface area contributed by atoms with Gasteiger partial charge in [-0.3, -0.25) is 9.59 Å². The maximum atomic E-state index is 12.9. The van der Waals surface area contributed by atoms with E-state index in [9.17, 15) is 9.59 Å². The molecule has 1 heterocycles. The summed E-state index contributed by atoms with van der Waals surface area (Å²) in [4.78, 5) is 27.7. The highest BCUT2D eigenvalue weighted by Gasteiger charge is 2.49. The van der Waals surface area contributed by atoms with E-state index >= 15 is 0 Å². The number of benzene rings is 2. The summed E-state index contributed by atoms with van der Waals surface area (Å²) >= 11 is 26.2. The third-order valence-electron chi connectivity index (χ3n) is 6.93. The Morgan fingerprint density at radius 2 is 1.38 bits per heavy atom. The monoisotopic (exact) mass is 505 g/mol. The zero-order chi connectivity index (χ0) is 22.8. The smallest absolute Gasteiger partial charge is 0.197 e. The van der Waals surface area contributed by atoms with Crippen molar-refractivity contribution < 1.29 is 9.59 Å². The zero-order valence-electron chi connectivity index (χ0n) is 17.3. The maximum Gasteiger partial charge on any atom is 0.197 e. The van der Waals surface area contributed by atoms with Gasteiger partial charge in [-0.1, -0.05) is 89.9 Å². The summed E-state index contributed by atoms with van der Waals surface area (Å²) in [5.41, 5.74) is 3.24. The first kappa shape index (κ1) is 22.0. The summed E-state index contributed by atoms with van der Waals surface area (Å²) in [7, 11) is 1.91. The Balaban J connectivity index is 1.69. The second-order valence-electron chi connectivity index (χ2n) is 8.52. The minimum absolute atomic E-state index is 0.169. The highest BCUT2D eigenvalue weighted by Crippen LogP contribution is 2.61. The van der Waals surface area contributed by atoms with Crippen LogP contribution < -0.4 is 4.90 Å². The van der Waals surface area contributed by atoms with Crippen LogP contribution in [0.2, 0.25) is 20.1 Å². The van der Waals surface area contributed by atoms with Crippen molar-refractivity contribution >= 4 is 63.7 Å². The van der Waals surface area contributed by atoms with Crippen LogP contribution in [-0.4, -0.2) is 18.6 Å². The first-order chi connectivity index (χ1) is 15.3. The fraction of sp³-hybridized carbons (Fsp3) is 0.280. The molecule has 0 amide bonds. The number of Topliss-reactive ketones (excluding diaryl/α,β-unsaturated/α-hetero) is 2. The molecule has 7 heteroatoms. The molecule has 1 spiro atoms. The van der Waals surface area contributed by atoms with Crippen LogP contribution in [0.4, 0.5) is 5.69 Å². The number of ketones is 2. The van der Waals surface area contributed by atoms with Gasteiger partial charge in [-0.2, -0.15) is 0 Å². The molecule has 0 atom stereocenters. The van der Waals surface area contributed by atoms with Gasteiger partial charge in [0.05, 0.1) is 31.4 Å². The Morgan fingerprint density at radius 1 is 0.812 bits per heavy atom. The van der Waals surface area contributed by atoms with Crippen molar-refractivity contribution in [2.24, 2.45) is 0 Å². The van der Waals surface area contributed by atoms with E-state index in [-0.39, 0.29) is 27.2 Å². The van der Waals surface area contributed by atoms with Crippen molar-refractivity contribution in [3.63, 3.8) is 0 Å². The number of rotatable bonds is 1. The fourth-order valence-corrected chi connectivity index (χ4v) is 6.61. The molecule has 0 bridgehead atoms. The topological polar surface area (TPSA) is 37.4 Å². The molecule has 3 aliphatic rings. The van der Waals surface area contributed by atoms with E-state index in [1.54, 1.807) is 30.3 Å². The Morgan fingerprint density at radius 3 is 1.97 bits per heavy atom. The van der Waals surface area contributed by atoms with E-state index in [4.69, 9.17) is 46.4 Å². The molecule has 1 fully saturated rings. The third kappa shape index (κ3) is 2.95. The van der Waals surface area contributed by atoms with Crippen LogP contribution in [0, 0.1) is 0 Å². The van der Waals surface area contributed by atoms with Crippen LogP contribution in [0.3, 0.4) is 0 Å². The Labute approximate surface area is 206 Å². The van der Waals surface area contributed by atoms with Crippen LogP contribution in [0.5, 0.6) is 0 Å². The lowest BCUT2D eigenvalue weighted by Gasteiger charge is -2.36. The normalized spacial score (nSPS) is 20.3. The number of fused-ring (bicyclic) bond motifs is 3. The van der Waals surface area contributed by atoms with Crippen LogP contribution >= 0.6 is 46.4 Å². The van der Waals surface area contributed by atoms with Crippen LogP contribution in [0.1, 0.15) is 58.4 Å². The molecule has 0 N–H and O–H groups in total. The molecular formula is C25H19Cl4NO2. The lowest BCUT2D eigenvalue weighted by Crippen LogP contribution is -2.32. The van der Waals surface area contributed by atoms with E-state index in [1.165, 1.54) is 0 Å². The average molecular weight is 507 g/mol. The van der Waals surface area contributed by atoms with Crippen molar-refractivity contribution in [3.05, 3.63) is 84.5 Å². The summed E-state index contributed by atoms with van der Waals surface area (Å²) in [5.74, 6) is -0.499. The molecule has 0 aromatic heterocycles. The molecule has 2 aromatic rings. The number of nitrogens with zero attached hydrogens (tertiary/aromatic N) is 1. The number of hydrogen-bond acceptors (Lipinski definition) is 3. The number of likely N-dealkylation sites (N-methyl/N-ethyl adjacent to an activating group) is 1. The van der Waals surface area contributed by atoms with E-state index in [0.717, 1.165) is 49.1 Å². The number of carbonyl (C=O) groups excluding carboxylic acids is 2. The Bertz CT molecular complexity index is 1220. The molecule has 3 nitrogen and oxygen atoms in total. The molecule has 1 aliphatic heterocycles. The Hall–Kier alpha value is -1.78. The quantitative estimate of drug-likeness (QED) is 0.171. The number of anilines is 1. The summed E-state index contributed by atoms with van der Waals surface area (Å²) in [6.07, 6.45) is 8.44. The molecule has 0 unspecified atom stereocenters. The molecular weight excluding hydrogens is 488 g/mol. The standard InChI is InChI=1S/C25H19Cl4NO2/c1-30-16(10-9-15-23(31)13-7-3-4-8-14(13)24(15)32)25(11-5-2-6-12-25)17-18(26)19(27)20(28)21(29)22(17)30/h3-4,7-10H,2,5-6,11-12H2,1H3/b16-10+. The van der Waals surface area contributed by atoms with Gasteiger partial charge in [0.1, 0.15) is 0 Å². The third-order valence-corrected chi connectivity index (χ3v) is 8.72. The van der Waals surface area contributed by atoms with Gasteiger partial charge in [0.15, 0.2) is 11.6 Å². The van der Waals surface area contributed by atoms with Gasteiger partial charge in [-0.15, -0.1) is 0 Å². The first-order valence-electron chi connectivity index (χ1n) is 10.5. The van der Waals surface area contributed by atoms with E-state index < -0.39 is 5.41 Å². The van der Waals surface area contributed by atoms with E-state index in [2.05, 4.69) is 0 Å². The van der Waals surface area contributed by atoms with Gasteiger partial charge >= 0.3 is 0 Å². The molecule has 5 rings (SSSR count). The lowest BCUT2D eigenvalue weighted by atomic mass is 9.68. The first-order valence-corrected chi connectivity index (χ1v) is 12.0. The number of allylic oxidation sites excluding steroid dienone is 4. The molecule has 0 saturated heterocycles. The lowest BCUT2D eigenvalue weighted by molar-refractivity contribution is 0.0988. The van der Waals surface area contributed by atoms with Crippen LogP contribution in [-0.2, 0) is 5.41 Å². The van der Waals surface area contributed by atoms with Gasteiger partial charge in [-0.05, 0) is 25.0 Å². The molecule has 164 valence electrons. The number of hydrogen-bond donors (Lipinski definition) is 0. The summed E-state index contributed by atoms with van der Waals surface area (Å²) in [6, 6.07) is 6.91. The van der Waals surface area contributed by atoms with E-state index in [0.29, 0.717) is 21.2 Å². The van der Waals surface area contributed by atoms with Gasteiger partial charge < -0.3 is 4.90 Å². The van der Waals surface area contributed by atoms with Crippen molar-refractivity contribution in [2.75, 3.05) is 11.9 Å². The molecule has 1 saturated carbocycles. The van der Waals surface area contributed by atoms with Crippen LogP contribution in [0.25, 0.3) is 0 Å². The second-order valence-corrected chi connectivity index (χ2v) is 10.0. The van der Waals surface area contributed by atoms with Gasteiger partial charge in [0.2, 0.25) is 0 Å². The highest BCUT2D eigenvalue weighted by atomic mass is 35.5. The van der Waals surface area contributed by atoms with E-state index in [1.807, 2.05) is 18.0 Å². The molecule has 32 heavy (non-hydrogen) atoms. The fourth-order valence-electron chi connectivity index (χ4n) is 5.46. The van der Waals surface area contributed by atoms with Crippen molar-refractivity contribution in [2.45, 2.75) is 37.5 Å². The minimum Gasteiger partial charge on any atom is -0.346 e. The molecule has 2 aromatic carbocycles. The van der Waals surface area contributed by atoms with Crippen molar-refractivity contribution in [3.8, 4) is 0 Å². The molecule has 0 radical (unpaired) electrons. The van der Waals surface area contributed by atoms with Gasteiger partial charge in [-0.25, -0.2) is 0 Å². The summed E-state index contributed by atoms with van der Waals surface area (Å²) < 4.78 is 0. The number of halogens is 4. The van der Waals surface area contributed by atoms with Gasteiger partial charge in [0.25, 0.3) is 0 Å². The van der Waals surface area contributed by atoms with Crippen molar-refractivity contribution in [1.29, 1.82) is 0 Å². The molecule has 2 aliphatic carbocycles. The Kier molecular flexibility index (Phi) is 5.45. The van der Waals surface area contributed by atoms with Crippen LogP contribution in [0.15, 0.2) is 47.7 Å². The SMILES string of the molecule is CN1/C(=C/C=C2C(=O)c3ccccc3C2=O)C2(CCCCC2)c2c(Cl)c(Cl)c(Cl)c(Cl)c21. The highest BCUT2D eigenvalue weighted by molar-refractivity contribution is 6.53. The summed E-state index contributed by atoms with van der Waals surface area (Å²) in [5, 5.41) is 1.26. The zero-order valence-corrected chi connectivity index (χ0v) is 20.3. The minimum atomic E-state index is -0.397.